The highest BCUT2D eigenvalue weighted by molar-refractivity contribution is 7.21. The summed E-state index contributed by atoms with van der Waals surface area (Å²) in [6.07, 6.45) is 3.07. The second-order valence-electron chi connectivity index (χ2n) is 7.13. The number of anilines is 2. The lowest BCUT2D eigenvalue weighted by molar-refractivity contribution is 0.0602. The molecule has 4 rings (SSSR count). The molecule has 1 aromatic carbocycles. The smallest absolute Gasteiger partial charge is 0.339 e. The van der Waals surface area contributed by atoms with Crippen LogP contribution in [0.1, 0.15) is 44.6 Å². The Hall–Kier alpha value is -2.93. The third-order valence-electron chi connectivity index (χ3n) is 5.12. The van der Waals surface area contributed by atoms with Gasteiger partial charge in [-0.2, -0.15) is 0 Å². The number of nitrogens with two attached hydrogens (primary N) is 1. The van der Waals surface area contributed by atoms with Crippen LogP contribution in [0.5, 0.6) is 0 Å². The van der Waals surface area contributed by atoms with Gasteiger partial charge in [0.15, 0.2) is 0 Å². The Morgan fingerprint density at radius 1 is 1.32 bits per heavy atom. The van der Waals surface area contributed by atoms with E-state index in [9.17, 15) is 9.59 Å². The van der Waals surface area contributed by atoms with Crippen molar-refractivity contribution >= 4 is 44.8 Å². The van der Waals surface area contributed by atoms with E-state index in [1.807, 2.05) is 0 Å². The summed E-state index contributed by atoms with van der Waals surface area (Å²) in [6.45, 7) is 2.24. The summed E-state index contributed by atoms with van der Waals surface area (Å²) in [7, 11) is 1.30. The fraction of sp³-hybridized carbons (Fsp3) is 0.286. The fourth-order valence-electron chi connectivity index (χ4n) is 3.60. The number of ether oxygens (including phenoxy) is 1. The number of nitrogen functional groups attached to an aromatic ring is 1. The highest BCUT2D eigenvalue weighted by Gasteiger charge is 2.23. The lowest BCUT2D eigenvalue weighted by Crippen LogP contribution is -2.15. The largest absolute Gasteiger partial charge is 0.465 e. The summed E-state index contributed by atoms with van der Waals surface area (Å²) < 4.78 is 4.78. The SMILES string of the molecule is COC(=O)c1ccccc1NC(=O)c1sc2nc3c(cc2c1N)CC(C)CC3. The summed E-state index contributed by atoms with van der Waals surface area (Å²) in [6, 6.07) is 8.80. The van der Waals surface area contributed by atoms with Crippen LogP contribution in [0.15, 0.2) is 30.3 Å². The summed E-state index contributed by atoms with van der Waals surface area (Å²) >= 11 is 1.28. The van der Waals surface area contributed by atoms with Crippen molar-refractivity contribution in [2.45, 2.75) is 26.2 Å². The third kappa shape index (κ3) is 3.22. The Morgan fingerprint density at radius 3 is 2.89 bits per heavy atom. The molecule has 1 unspecified atom stereocenters. The van der Waals surface area contributed by atoms with Gasteiger partial charge in [0, 0.05) is 11.1 Å². The number of methoxy groups -OCH3 is 1. The first-order chi connectivity index (χ1) is 13.5. The van der Waals surface area contributed by atoms with Crippen LogP contribution in [0.4, 0.5) is 11.4 Å². The Labute approximate surface area is 166 Å². The number of aromatic nitrogens is 1. The van der Waals surface area contributed by atoms with Crippen LogP contribution in [-0.4, -0.2) is 24.0 Å². The minimum atomic E-state index is -0.510. The van der Waals surface area contributed by atoms with Crippen LogP contribution in [0.3, 0.4) is 0 Å². The molecular formula is C21H21N3O3S. The fourth-order valence-corrected chi connectivity index (χ4v) is 4.59. The number of carbonyl (C=O) groups is 2. The first-order valence-corrected chi connectivity index (χ1v) is 9.99. The van der Waals surface area contributed by atoms with E-state index in [1.54, 1.807) is 24.3 Å². The molecule has 3 aromatic rings. The molecule has 1 amide bonds. The summed E-state index contributed by atoms with van der Waals surface area (Å²) in [4.78, 5) is 30.7. The molecule has 0 fully saturated rings. The maximum Gasteiger partial charge on any atom is 0.339 e. The Bertz CT molecular complexity index is 1090. The highest BCUT2D eigenvalue weighted by atomic mass is 32.1. The number of thiophene rings is 1. The lowest BCUT2D eigenvalue weighted by Gasteiger charge is -2.20. The first-order valence-electron chi connectivity index (χ1n) is 9.17. The number of aryl methyl sites for hydroxylation is 1. The molecule has 3 N–H and O–H groups in total. The van der Waals surface area contributed by atoms with Gasteiger partial charge in [0.05, 0.1) is 24.0 Å². The predicted octanol–water partition coefficient (Wildman–Crippen LogP) is 4.04. The van der Waals surface area contributed by atoms with Gasteiger partial charge in [-0.3, -0.25) is 4.79 Å². The highest BCUT2D eigenvalue weighted by Crippen LogP contribution is 2.36. The molecular weight excluding hydrogens is 374 g/mol. The quantitative estimate of drug-likeness (QED) is 0.653. The molecule has 1 aliphatic carbocycles. The van der Waals surface area contributed by atoms with Gasteiger partial charge < -0.3 is 15.8 Å². The maximum atomic E-state index is 12.9. The van der Waals surface area contributed by atoms with E-state index in [1.165, 1.54) is 24.0 Å². The van der Waals surface area contributed by atoms with Gasteiger partial charge in [0.2, 0.25) is 0 Å². The number of benzene rings is 1. The van der Waals surface area contributed by atoms with Gasteiger partial charge in [-0.05, 0) is 48.9 Å². The average Bonchev–Trinajstić information content (AvgIpc) is 3.02. The van der Waals surface area contributed by atoms with Gasteiger partial charge in [-0.1, -0.05) is 19.1 Å². The number of nitrogens with one attached hydrogen (secondary N) is 1. The number of para-hydroxylation sites is 1. The molecule has 6 nitrogen and oxygen atoms in total. The third-order valence-corrected chi connectivity index (χ3v) is 6.23. The van der Waals surface area contributed by atoms with E-state index < -0.39 is 5.97 Å². The van der Waals surface area contributed by atoms with Crippen LogP contribution in [0.2, 0.25) is 0 Å². The standard InChI is InChI=1S/C21H21N3O3S/c1-11-7-8-15-12(9-11)10-14-17(22)18(28-20(14)24-15)19(25)23-16-6-4-3-5-13(16)21(26)27-2/h3-6,10-11H,7-9,22H2,1-2H3,(H,23,25). The first kappa shape index (κ1) is 18.4. The normalized spacial score (nSPS) is 15.9. The number of pyridine rings is 1. The van der Waals surface area contributed by atoms with Crippen molar-refractivity contribution in [3.8, 4) is 0 Å². The predicted molar refractivity (Wildman–Crippen MR) is 111 cm³/mol. The van der Waals surface area contributed by atoms with E-state index in [-0.39, 0.29) is 5.91 Å². The van der Waals surface area contributed by atoms with Crippen LogP contribution in [0, 0.1) is 5.92 Å². The van der Waals surface area contributed by atoms with Crippen molar-refractivity contribution < 1.29 is 14.3 Å². The van der Waals surface area contributed by atoms with Gasteiger partial charge in [0.1, 0.15) is 9.71 Å². The number of hydrogen-bond donors (Lipinski definition) is 2. The molecule has 144 valence electrons. The van der Waals surface area contributed by atoms with Gasteiger partial charge >= 0.3 is 5.97 Å². The lowest BCUT2D eigenvalue weighted by atomic mass is 9.87. The second-order valence-corrected chi connectivity index (χ2v) is 8.13. The van der Waals surface area contributed by atoms with Crippen molar-refractivity contribution in [2.75, 3.05) is 18.2 Å². The van der Waals surface area contributed by atoms with Crippen LogP contribution < -0.4 is 11.1 Å². The maximum absolute atomic E-state index is 12.9. The monoisotopic (exact) mass is 395 g/mol. The van der Waals surface area contributed by atoms with E-state index in [2.05, 4.69) is 18.3 Å². The zero-order valence-corrected chi connectivity index (χ0v) is 16.6. The van der Waals surface area contributed by atoms with Crippen LogP contribution >= 0.6 is 11.3 Å². The zero-order valence-electron chi connectivity index (χ0n) is 15.7. The molecule has 1 aliphatic rings. The van der Waals surface area contributed by atoms with Crippen LogP contribution in [-0.2, 0) is 17.6 Å². The molecule has 0 saturated heterocycles. The Kier molecular flexibility index (Phi) is 4.77. The summed E-state index contributed by atoms with van der Waals surface area (Å²) in [5.41, 5.74) is 9.74. The van der Waals surface area contributed by atoms with Gasteiger partial charge in [0.25, 0.3) is 5.91 Å². The van der Waals surface area contributed by atoms with E-state index in [0.29, 0.717) is 27.7 Å². The molecule has 7 heteroatoms. The topological polar surface area (TPSA) is 94.3 Å². The number of amides is 1. The van der Waals surface area contributed by atoms with Crippen molar-refractivity contribution in [3.05, 3.63) is 52.0 Å². The Morgan fingerprint density at radius 2 is 2.11 bits per heavy atom. The van der Waals surface area contributed by atoms with E-state index in [0.717, 1.165) is 35.2 Å². The summed E-state index contributed by atoms with van der Waals surface area (Å²) in [5, 5.41) is 3.61. The minimum absolute atomic E-state index is 0.292. The number of carbonyl (C=O) groups excluding carboxylic acids is 2. The van der Waals surface area contributed by atoms with Crippen LogP contribution in [0.25, 0.3) is 10.2 Å². The number of rotatable bonds is 3. The molecule has 2 aromatic heterocycles. The Balaban J connectivity index is 1.69. The number of nitrogens with zero attached hydrogens (tertiary/aromatic N) is 1. The van der Waals surface area contributed by atoms with Crippen molar-refractivity contribution in [1.82, 2.24) is 4.98 Å². The van der Waals surface area contributed by atoms with Crippen molar-refractivity contribution in [3.63, 3.8) is 0 Å². The molecule has 0 saturated carbocycles. The molecule has 28 heavy (non-hydrogen) atoms. The van der Waals surface area contributed by atoms with Gasteiger partial charge in [-0.25, -0.2) is 9.78 Å². The molecule has 1 atom stereocenters. The molecule has 0 spiro atoms. The number of hydrogen-bond acceptors (Lipinski definition) is 6. The summed E-state index contributed by atoms with van der Waals surface area (Å²) in [5.74, 6) is -0.240. The number of esters is 1. The van der Waals surface area contributed by atoms with E-state index >= 15 is 0 Å². The number of fused-ring (bicyclic) bond motifs is 2. The zero-order chi connectivity index (χ0) is 19.8. The van der Waals surface area contributed by atoms with Crippen molar-refractivity contribution in [2.24, 2.45) is 5.92 Å². The minimum Gasteiger partial charge on any atom is -0.465 e. The molecule has 0 aliphatic heterocycles. The average molecular weight is 395 g/mol. The van der Waals surface area contributed by atoms with Gasteiger partial charge in [-0.15, -0.1) is 11.3 Å². The van der Waals surface area contributed by atoms with Crippen molar-refractivity contribution in [1.29, 1.82) is 0 Å². The molecule has 2 heterocycles. The second kappa shape index (κ2) is 7.24. The van der Waals surface area contributed by atoms with E-state index in [4.69, 9.17) is 15.5 Å². The molecule has 0 bridgehead atoms. The molecule has 0 radical (unpaired) electrons.